The molecule has 1 amide bonds. The first-order valence-corrected chi connectivity index (χ1v) is 10.5. The Morgan fingerprint density at radius 2 is 1.97 bits per heavy atom. The maximum atomic E-state index is 12.7. The van der Waals surface area contributed by atoms with Gasteiger partial charge in [-0.05, 0) is 38.1 Å². The molecule has 0 fully saturated rings. The Morgan fingerprint density at radius 1 is 1.20 bits per heavy atom. The highest BCUT2D eigenvalue weighted by Crippen LogP contribution is 2.36. The van der Waals surface area contributed by atoms with Crippen LogP contribution in [0.2, 0.25) is 5.02 Å². The van der Waals surface area contributed by atoms with Gasteiger partial charge in [0.15, 0.2) is 23.2 Å². The Balaban J connectivity index is 1.71. The van der Waals surface area contributed by atoms with Crippen LogP contribution in [0.1, 0.15) is 24.2 Å². The quantitative estimate of drug-likeness (QED) is 0.470. The van der Waals surface area contributed by atoms with Gasteiger partial charge in [0, 0.05) is 6.54 Å². The lowest BCUT2D eigenvalue weighted by atomic mass is 10.2. The topological polar surface area (TPSA) is 78.0 Å². The van der Waals surface area contributed by atoms with Crippen LogP contribution in [-0.2, 0) is 9.53 Å². The summed E-state index contributed by atoms with van der Waals surface area (Å²) in [6, 6.07) is 10.5. The van der Waals surface area contributed by atoms with Crippen LogP contribution in [0.15, 0.2) is 36.4 Å². The molecule has 0 unspecified atom stereocenters. The van der Waals surface area contributed by atoms with Crippen molar-refractivity contribution < 1.29 is 23.8 Å². The number of hydrogen-bond donors (Lipinski definition) is 0. The van der Waals surface area contributed by atoms with E-state index in [1.165, 1.54) is 35.5 Å². The molecular weight excluding hydrogens is 428 g/mol. The minimum absolute atomic E-state index is 0.163. The van der Waals surface area contributed by atoms with E-state index in [-0.39, 0.29) is 16.5 Å². The molecule has 2 aromatic carbocycles. The molecule has 0 aliphatic rings. The first-order chi connectivity index (χ1) is 14.5. The second-order valence-electron chi connectivity index (χ2n) is 6.10. The first-order valence-electron chi connectivity index (χ1n) is 9.31. The standard InChI is InChI=1S/C21H21ClN2O5S/c1-4-24(21-23-15-8-6-7-9-17(15)30-21)18(25)12-29-20(26)13-10-14(22)19(28-5-2)16(11-13)27-3/h6-11H,4-5,12H2,1-3H3. The number of anilines is 1. The SMILES string of the molecule is CCOc1c(Cl)cc(C(=O)OCC(=O)N(CC)c2nc3ccccc3s2)cc1OC. The van der Waals surface area contributed by atoms with E-state index >= 15 is 0 Å². The molecule has 1 heterocycles. The van der Waals surface area contributed by atoms with Crippen molar-refractivity contribution >= 4 is 50.2 Å². The molecule has 7 nitrogen and oxygen atoms in total. The van der Waals surface area contributed by atoms with Crippen molar-refractivity contribution in [2.24, 2.45) is 0 Å². The number of likely N-dealkylation sites (N-methyl/N-ethyl adjacent to an activating group) is 1. The lowest BCUT2D eigenvalue weighted by Gasteiger charge is -2.17. The summed E-state index contributed by atoms with van der Waals surface area (Å²) in [4.78, 5) is 31.1. The zero-order valence-corrected chi connectivity index (χ0v) is 18.4. The number of fused-ring (bicyclic) bond motifs is 1. The highest BCUT2D eigenvalue weighted by Gasteiger charge is 2.21. The minimum Gasteiger partial charge on any atom is -0.493 e. The van der Waals surface area contributed by atoms with Crippen LogP contribution in [0.25, 0.3) is 10.2 Å². The molecule has 0 saturated heterocycles. The summed E-state index contributed by atoms with van der Waals surface area (Å²) in [5.41, 5.74) is 0.980. The second-order valence-corrected chi connectivity index (χ2v) is 7.52. The van der Waals surface area contributed by atoms with Crippen LogP contribution in [0.4, 0.5) is 5.13 Å². The Kier molecular flexibility index (Phi) is 7.12. The molecule has 3 rings (SSSR count). The third-order valence-corrected chi connectivity index (χ3v) is 5.55. The molecule has 30 heavy (non-hydrogen) atoms. The number of carbonyl (C=O) groups is 2. The number of aromatic nitrogens is 1. The monoisotopic (exact) mass is 448 g/mol. The summed E-state index contributed by atoms with van der Waals surface area (Å²) < 4.78 is 16.9. The van der Waals surface area contributed by atoms with E-state index in [0.29, 0.717) is 29.8 Å². The number of esters is 1. The fourth-order valence-electron chi connectivity index (χ4n) is 2.80. The van der Waals surface area contributed by atoms with Gasteiger partial charge < -0.3 is 14.2 Å². The maximum absolute atomic E-state index is 12.7. The van der Waals surface area contributed by atoms with Gasteiger partial charge in [0.2, 0.25) is 0 Å². The Hall–Kier alpha value is -2.84. The normalized spacial score (nSPS) is 10.7. The number of thiazole rings is 1. The van der Waals surface area contributed by atoms with E-state index in [1.807, 2.05) is 38.1 Å². The molecule has 3 aromatic rings. The van der Waals surface area contributed by atoms with Gasteiger partial charge in [-0.15, -0.1) is 0 Å². The van der Waals surface area contributed by atoms with E-state index in [4.69, 9.17) is 25.8 Å². The molecule has 0 aliphatic heterocycles. The van der Waals surface area contributed by atoms with Crippen molar-refractivity contribution in [2.45, 2.75) is 13.8 Å². The fourth-order valence-corrected chi connectivity index (χ4v) is 4.12. The molecule has 1 aromatic heterocycles. The van der Waals surface area contributed by atoms with Crippen molar-refractivity contribution in [2.75, 3.05) is 31.8 Å². The van der Waals surface area contributed by atoms with Gasteiger partial charge in [-0.1, -0.05) is 35.1 Å². The van der Waals surface area contributed by atoms with E-state index in [1.54, 1.807) is 0 Å². The highest BCUT2D eigenvalue weighted by molar-refractivity contribution is 7.22. The largest absolute Gasteiger partial charge is 0.493 e. The van der Waals surface area contributed by atoms with Crippen LogP contribution < -0.4 is 14.4 Å². The second kappa shape index (κ2) is 9.77. The minimum atomic E-state index is -0.688. The Bertz CT molecular complexity index is 1040. The number of para-hydroxylation sites is 1. The Morgan fingerprint density at radius 3 is 2.63 bits per heavy atom. The number of hydrogen-bond acceptors (Lipinski definition) is 7. The summed E-state index contributed by atoms with van der Waals surface area (Å²) in [5.74, 6) is -0.393. The van der Waals surface area contributed by atoms with Gasteiger partial charge in [0.1, 0.15) is 0 Å². The lowest BCUT2D eigenvalue weighted by Crippen LogP contribution is -2.34. The average Bonchev–Trinajstić information content (AvgIpc) is 3.17. The molecule has 0 N–H and O–H groups in total. The van der Waals surface area contributed by atoms with E-state index in [0.717, 1.165) is 10.2 Å². The van der Waals surface area contributed by atoms with Gasteiger partial charge in [-0.3, -0.25) is 9.69 Å². The van der Waals surface area contributed by atoms with Crippen LogP contribution in [0.5, 0.6) is 11.5 Å². The third kappa shape index (κ3) is 4.66. The van der Waals surface area contributed by atoms with Crippen LogP contribution in [-0.4, -0.2) is 43.7 Å². The number of ether oxygens (including phenoxy) is 3. The van der Waals surface area contributed by atoms with Gasteiger partial charge in [0.25, 0.3) is 5.91 Å². The van der Waals surface area contributed by atoms with E-state index in [2.05, 4.69) is 4.98 Å². The van der Waals surface area contributed by atoms with Crippen molar-refractivity contribution in [3.8, 4) is 11.5 Å². The zero-order valence-electron chi connectivity index (χ0n) is 16.8. The summed E-state index contributed by atoms with van der Waals surface area (Å²) in [5, 5.41) is 0.782. The number of nitrogens with zero attached hydrogens (tertiary/aromatic N) is 2. The molecule has 0 aliphatic carbocycles. The van der Waals surface area contributed by atoms with Crippen molar-refractivity contribution in [1.82, 2.24) is 4.98 Å². The van der Waals surface area contributed by atoms with Crippen molar-refractivity contribution in [3.63, 3.8) is 0 Å². The number of amides is 1. The maximum Gasteiger partial charge on any atom is 0.338 e. The fraction of sp³-hybridized carbons (Fsp3) is 0.286. The predicted molar refractivity (Wildman–Crippen MR) is 117 cm³/mol. The summed E-state index contributed by atoms with van der Waals surface area (Å²) >= 11 is 7.60. The zero-order chi connectivity index (χ0) is 21.7. The van der Waals surface area contributed by atoms with Gasteiger partial charge in [-0.25, -0.2) is 9.78 Å². The van der Waals surface area contributed by atoms with Gasteiger partial charge in [0.05, 0.1) is 34.5 Å². The third-order valence-electron chi connectivity index (χ3n) is 4.21. The highest BCUT2D eigenvalue weighted by atomic mass is 35.5. The van der Waals surface area contributed by atoms with Gasteiger partial charge >= 0.3 is 5.97 Å². The van der Waals surface area contributed by atoms with Crippen LogP contribution >= 0.6 is 22.9 Å². The molecule has 158 valence electrons. The number of rotatable bonds is 8. The summed E-state index contributed by atoms with van der Waals surface area (Å²) in [6.07, 6.45) is 0. The number of methoxy groups -OCH3 is 1. The molecule has 0 radical (unpaired) electrons. The molecule has 9 heteroatoms. The van der Waals surface area contributed by atoms with Crippen molar-refractivity contribution in [1.29, 1.82) is 0 Å². The molecular formula is C21H21ClN2O5S. The van der Waals surface area contributed by atoms with Crippen LogP contribution in [0.3, 0.4) is 0 Å². The smallest absolute Gasteiger partial charge is 0.338 e. The summed E-state index contributed by atoms with van der Waals surface area (Å²) in [7, 11) is 1.45. The van der Waals surface area contributed by atoms with Crippen LogP contribution in [0, 0.1) is 0 Å². The Labute approximate surface area is 183 Å². The van der Waals surface area contributed by atoms with E-state index in [9.17, 15) is 9.59 Å². The summed E-state index contributed by atoms with van der Waals surface area (Å²) in [6.45, 7) is 4.03. The average molecular weight is 449 g/mol. The molecule has 0 atom stereocenters. The number of carbonyl (C=O) groups excluding carboxylic acids is 2. The molecule has 0 bridgehead atoms. The molecule has 0 saturated carbocycles. The lowest BCUT2D eigenvalue weighted by molar-refractivity contribution is -0.121. The van der Waals surface area contributed by atoms with Crippen molar-refractivity contribution in [3.05, 3.63) is 47.0 Å². The molecule has 0 spiro atoms. The first kappa shape index (κ1) is 21.9. The number of halogens is 1. The number of benzene rings is 2. The van der Waals surface area contributed by atoms with Gasteiger partial charge in [-0.2, -0.15) is 0 Å². The predicted octanol–water partition coefficient (Wildman–Crippen LogP) is 4.57. The van der Waals surface area contributed by atoms with E-state index < -0.39 is 12.6 Å².